The van der Waals surface area contributed by atoms with Crippen molar-refractivity contribution >= 4 is 23.1 Å². The number of hydrogen-bond acceptors (Lipinski definition) is 8. The standard InChI is InChI=1S/C30H25N7O2/c1-38-22-15-13-20(14-16-22)26-28(34-24-17-23(31)32-18-33-24)35-29-25(19-9-5-3-6-10-19)27(21-11-7-4-8-12-21)36-37(29)30(26)39-2/h3-18H,1-2H3,(H3,31,32,33,34,35). The molecule has 0 bridgehead atoms. The van der Waals surface area contributed by atoms with Gasteiger partial charge in [-0.1, -0.05) is 72.8 Å². The highest BCUT2D eigenvalue weighted by Crippen LogP contribution is 2.42. The molecule has 39 heavy (non-hydrogen) atoms. The van der Waals surface area contributed by atoms with Crippen LogP contribution < -0.4 is 20.5 Å². The number of nitrogens with zero attached hydrogens (tertiary/aromatic N) is 5. The van der Waals surface area contributed by atoms with Gasteiger partial charge in [0.15, 0.2) is 5.65 Å². The summed E-state index contributed by atoms with van der Waals surface area (Å²) < 4.78 is 13.2. The number of ether oxygens (including phenoxy) is 2. The third-order valence-corrected chi connectivity index (χ3v) is 6.34. The minimum Gasteiger partial charge on any atom is -0.497 e. The Balaban J connectivity index is 1.69. The van der Waals surface area contributed by atoms with E-state index in [1.165, 1.54) is 6.33 Å². The van der Waals surface area contributed by atoms with Gasteiger partial charge in [-0.15, -0.1) is 0 Å². The largest absolute Gasteiger partial charge is 0.497 e. The third kappa shape index (κ3) is 4.46. The molecular formula is C30H25N7O2. The van der Waals surface area contributed by atoms with E-state index < -0.39 is 0 Å². The number of rotatable bonds is 7. The molecule has 0 radical (unpaired) electrons. The molecule has 0 unspecified atom stereocenters. The maximum absolute atomic E-state index is 6.04. The molecule has 192 valence electrons. The second-order valence-corrected chi connectivity index (χ2v) is 8.72. The Hall–Kier alpha value is -5.44. The molecule has 3 aromatic heterocycles. The van der Waals surface area contributed by atoms with Gasteiger partial charge in [0.1, 0.15) is 35.2 Å². The molecule has 0 fully saturated rings. The summed E-state index contributed by atoms with van der Waals surface area (Å²) >= 11 is 0. The Morgan fingerprint density at radius 1 is 0.744 bits per heavy atom. The molecule has 9 nitrogen and oxygen atoms in total. The van der Waals surface area contributed by atoms with Crippen molar-refractivity contribution in [3.63, 3.8) is 0 Å². The van der Waals surface area contributed by atoms with Crippen molar-refractivity contribution in [3.05, 3.63) is 97.3 Å². The average Bonchev–Trinajstić information content (AvgIpc) is 3.36. The summed E-state index contributed by atoms with van der Waals surface area (Å²) in [5.41, 5.74) is 11.7. The maximum Gasteiger partial charge on any atom is 0.228 e. The highest BCUT2D eigenvalue weighted by atomic mass is 16.5. The Bertz CT molecular complexity index is 1750. The summed E-state index contributed by atoms with van der Waals surface area (Å²) in [6.45, 7) is 0. The van der Waals surface area contributed by atoms with Crippen LogP contribution in [-0.2, 0) is 0 Å². The van der Waals surface area contributed by atoms with Crippen LogP contribution >= 0.6 is 0 Å². The molecule has 3 aromatic carbocycles. The monoisotopic (exact) mass is 515 g/mol. The van der Waals surface area contributed by atoms with Gasteiger partial charge in [0.25, 0.3) is 0 Å². The lowest BCUT2D eigenvalue weighted by Crippen LogP contribution is -2.07. The van der Waals surface area contributed by atoms with Crippen LogP contribution in [0.5, 0.6) is 11.6 Å². The molecular weight excluding hydrogens is 490 g/mol. The zero-order valence-corrected chi connectivity index (χ0v) is 21.4. The number of nitrogens with one attached hydrogen (secondary N) is 1. The minimum absolute atomic E-state index is 0.340. The molecule has 3 heterocycles. The Morgan fingerprint density at radius 2 is 1.41 bits per heavy atom. The first-order valence-electron chi connectivity index (χ1n) is 12.3. The first kappa shape index (κ1) is 23.9. The van der Waals surface area contributed by atoms with Crippen molar-refractivity contribution in [1.82, 2.24) is 24.6 Å². The molecule has 0 aliphatic carbocycles. The van der Waals surface area contributed by atoms with E-state index in [1.807, 2.05) is 84.9 Å². The molecule has 9 heteroatoms. The summed E-state index contributed by atoms with van der Waals surface area (Å²) in [7, 11) is 3.26. The van der Waals surface area contributed by atoms with Crippen molar-refractivity contribution in [2.75, 3.05) is 25.3 Å². The number of hydrogen-bond donors (Lipinski definition) is 2. The van der Waals surface area contributed by atoms with Gasteiger partial charge in [-0.3, -0.25) is 0 Å². The summed E-state index contributed by atoms with van der Waals surface area (Å²) in [4.78, 5) is 13.5. The van der Waals surface area contributed by atoms with Crippen LogP contribution in [0.2, 0.25) is 0 Å². The van der Waals surface area contributed by atoms with Gasteiger partial charge in [-0.2, -0.15) is 9.61 Å². The number of nitrogens with two attached hydrogens (primary N) is 1. The van der Waals surface area contributed by atoms with Crippen molar-refractivity contribution in [1.29, 1.82) is 0 Å². The number of fused-ring (bicyclic) bond motifs is 1. The predicted octanol–water partition coefficient (Wildman–Crippen LogP) is 5.86. The molecule has 0 spiro atoms. The van der Waals surface area contributed by atoms with Crippen molar-refractivity contribution in [3.8, 4) is 45.1 Å². The average molecular weight is 516 g/mol. The van der Waals surface area contributed by atoms with E-state index in [0.717, 1.165) is 33.7 Å². The number of nitrogen functional groups attached to an aromatic ring is 1. The fourth-order valence-electron chi connectivity index (χ4n) is 4.55. The van der Waals surface area contributed by atoms with Crippen LogP contribution in [0.3, 0.4) is 0 Å². The summed E-state index contributed by atoms with van der Waals surface area (Å²) in [6, 6.07) is 29.5. The second kappa shape index (κ2) is 10.1. The first-order valence-corrected chi connectivity index (χ1v) is 12.3. The van der Waals surface area contributed by atoms with Gasteiger partial charge in [-0.05, 0) is 23.3 Å². The van der Waals surface area contributed by atoms with Crippen molar-refractivity contribution in [2.45, 2.75) is 0 Å². The van der Waals surface area contributed by atoms with Crippen LogP contribution in [0.15, 0.2) is 97.3 Å². The molecule has 0 amide bonds. The normalized spacial score (nSPS) is 10.9. The van der Waals surface area contributed by atoms with Crippen LogP contribution in [0.4, 0.5) is 17.5 Å². The molecule has 3 N–H and O–H groups in total. The van der Waals surface area contributed by atoms with Crippen molar-refractivity contribution in [2.24, 2.45) is 0 Å². The van der Waals surface area contributed by atoms with Crippen molar-refractivity contribution < 1.29 is 9.47 Å². The van der Waals surface area contributed by atoms with E-state index in [4.69, 9.17) is 25.3 Å². The quantitative estimate of drug-likeness (QED) is 0.272. The molecule has 0 saturated carbocycles. The molecule has 0 saturated heterocycles. The lowest BCUT2D eigenvalue weighted by Gasteiger charge is -2.16. The lowest BCUT2D eigenvalue weighted by molar-refractivity contribution is 0.387. The minimum atomic E-state index is 0.340. The van der Waals surface area contributed by atoms with Crippen LogP contribution in [0.25, 0.3) is 39.2 Å². The number of aromatic nitrogens is 5. The van der Waals surface area contributed by atoms with Gasteiger partial charge in [0, 0.05) is 11.6 Å². The molecule has 0 aliphatic rings. The molecule has 6 rings (SSSR count). The molecule has 0 aliphatic heterocycles. The summed E-state index contributed by atoms with van der Waals surface area (Å²) in [5, 5.41) is 8.38. The summed E-state index contributed by atoms with van der Waals surface area (Å²) in [6.07, 6.45) is 1.40. The van der Waals surface area contributed by atoms with E-state index in [9.17, 15) is 0 Å². The van der Waals surface area contributed by atoms with E-state index in [1.54, 1.807) is 24.8 Å². The zero-order valence-electron chi connectivity index (χ0n) is 21.4. The summed E-state index contributed by atoms with van der Waals surface area (Å²) in [5.74, 6) is 2.61. The highest BCUT2D eigenvalue weighted by Gasteiger charge is 2.25. The van der Waals surface area contributed by atoms with E-state index >= 15 is 0 Å². The van der Waals surface area contributed by atoms with Gasteiger partial charge in [0.2, 0.25) is 5.88 Å². The Kier molecular flexibility index (Phi) is 6.22. The smallest absolute Gasteiger partial charge is 0.228 e. The Morgan fingerprint density at radius 3 is 2.05 bits per heavy atom. The topological polar surface area (TPSA) is 112 Å². The van der Waals surface area contributed by atoms with Gasteiger partial charge >= 0.3 is 0 Å². The van der Waals surface area contributed by atoms with E-state index in [2.05, 4.69) is 15.3 Å². The fourth-order valence-corrected chi connectivity index (χ4v) is 4.55. The maximum atomic E-state index is 6.04. The SMILES string of the molecule is COc1ccc(-c2c(Nc3cc(N)ncn3)nc3c(-c4ccccc4)c(-c4ccccc4)nn3c2OC)cc1. The first-order chi connectivity index (χ1) is 19.2. The third-order valence-electron chi connectivity index (χ3n) is 6.34. The van der Waals surface area contributed by atoms with Gasteiger partial charge in [0.05, 0.1) is 25.3 Å². The second-order valence-electron chi connectivity index (χ2n) is 8.72. The number of anilines is 3. The molecule has 6 aromatic rings. The lowest BCUT2D eigenvalue weighted by atomic mass is 10.0. The van der Waals surface area contributed by atoms with Gasteiger partial charge in [-0.25, -0.2) is 15.0 Å². The van der Waals surface area contributed by atoms with Crippen LogP contribution in [0.1, 0.15) is 0 Å². The highest BCUT2D eigenvalue weighted by molar-refractivity contribution is 5.94. The fraction of sp³-hybridized carbons (Fsp3) is 0.0667. The van der Waals surface area contributed by atoms with Crippen LogP contribution in [0, 0.1) is 0 Å². The van der Waals surface area contributed by atoms with E-state index in [0.29, 0.717) is 34.5 Å². The Labute approximate surface area is 224 Å². The zero-order chi connectivity index (χ0) is 26.8. The number of benzene rings is 3. The molecule has 0 atom stereocenters. The number of methoxy groups -OCH3 is 2. The predicted molar refractivity (Wildman–Crippen MR) is 152 cm³/mol. The van der Waals surface area contributed by atoms with Gasteiger partial charge < -0.3 is 20.5 Å². The van der Waals surface area contributed by atoms with E-state index in [-0.39, 0.29) is 0 Å². The van der Waals surface area contributed by atoms with Crippen LogP contribution in [-0.4, -0.2) is 38.8 Å².